The first-order valence-electron chi connectivity index (χ1n) is 5.89. The van der Waals surface area contributed by atoms with E-state index in [1.165, 1.54) is 0 Å². The number of hydrogen-bond acceptors (Lipinski definition) is 3. The number of nitrogens with one attached hydrogen (secondary N) is 1. The van der Waals surface area contributed by atoms with E-state index in [1.807, 2.05) is 24.5 Å². The van der Waals surface area contributed by atoms with Crippen molar-refractivity contribution in [1.82, 2.24) is 0 Å². The maximum absolute atomic E-state index is 9.25. The third kappa shape index (κ3) is 3.67. The minimum atomic E-state index is 0.0252. The van der Waals surface area contributed by atoms with Crippen LogP contribution in [-0.4, -0.2) is 11.8 Å². The van der Waals surface area contributed by atoms with Gasteiger partial charge in [-0.3, -0.25) is 0 Å². The highest BCUT2D eigenvalue weighted by Gasteiger charge is 2.18. The lowest BCUT2D eigenvalue weighted by molar-refractivity contribution is 0.511. The lowest BCUT2D eigenvalue weighted by Crippen LogP contribution is -2.30. The Morgan fingerprint density at radius 2 is 2.12 bits per heavy atom. The van der Waals surface area contributed by atoms with E-state index in [2.05, 4.69) is 32.2 Å². The van der Waals surface area contributed by atoms with Crippen molar-refractivity contribution >= 4 is 17.4 Å². The minimum Gasteiger partial charge on any atom is -0.379 e. The van der Waals surface area contributed by atoms with Crippen LogP contribution in [0.2, 0.25) is 0 Å². The van der Waals surface area contributed by atoms with Crippen LogP contribution >= 0.6 is 11.8 Å². The van der Waals surface area contributed by atoms with Crippen LogP contribution < -0.4 is 5.32 Å². The van der Waals surface area contributed by atoms with Crippen LogP contribution in [0.25, 0.3) is 0 Å². The molecule has 0 saturated heterocycles. The molecule has 0 saturated carbocycles. The molecule has 0 aliphatic heterocycles. The Labute approximate surface area is 108 Å². The molecule has 0 aliphatic rings. The van der Waals surface area contributed by atoms with Gasteiger partial charge < -0.3 is 5.32 Å². The van der Waals surface area contributed by atoms with Gasteiger partial charge in [0, 0.05) is 10.4 Å². The molecule has 0 spiro atoms. The van der Waals surface area contributed by atoms with Gasteiger partial charge in [-0.15, -0.1) is 11.8 Å². The van der Waals surface area contributed by atoms with Gasteiger partial charge in [-0.05, 0) is 38.7 Å². The summed E-state index contributed by atoms with van der Waals surface area (Å²) in [7, 11) is 0. The van der Waals surface area contributed by atoms with Gasteiger partial charge in [0.2, 0.25) is 0 Å². The SMILES string of the molecule is CCCC(C)(C)Nc1cccc(SC)c1C#N. The molecule has 0 radical (unpaired) electrons. The van der Waals surface area contributed by atoms with Crippen LogP contribution in [0, 0.1) is 11.3 Å². The number of benzene rings is 1. The van der Waals surface area contributed by atoms with Gasteiger partial charge in [0.15, 0.2) is 0 Å². The van der Waals surface area contributed by atoms with Crippen LogP contribution in [0.3, 0.4) is 0 Å². The molecular formula is C14H20N2S. The molecule has 0 unspecified atom stereocenters. The molecule has 1 rings (SSSR count). The summed E-state index contributed by atoms with van der Waals surface area (Å²) in [5.41, 5.74) is 1.72. The second-order valence-electron chi connectivity index (χ2n) is 4.75. The number of anilines is 1. The van der Waals surface area contributed by atoms with Gasteiger partial charge in [0.25, 0.3) is 0 Å². The van der Waals surface area contributed by atoms with Crippen LogP contribution in [-0.2, 0) is 0 Å². The van der Waals surface area contributed by atoms with E-state index < -0.39 is 0 Å². The van der Waals surface area contributed by atoms with Gasteiger partial charge >= 0.3 is 0 Å². The Bertz CT molecular complexity index is 419. The number of thioether (sulfide) groups is 1. The Balaban J connectivity index is 3.03. The molecule has 3 heteroatoms. The van der Waals surface area contributed by atoms with E-state index in [4.69, 9.17) is 0 Å². The fourth-order valence-electron chi connectivity index (χ4n) is 1.97. The molecule has 0 fully saturated rings. The molecule has 0 bridgehead atoms. The van der Waals surface area contributed by atoms with Crippen LogP contribution in [0.4, 0.5) is 5.69 Å². The van der Waals surface area contributed by atoms with Crippen molar-refractivity contribution in [1.29, 1.82) is 5.26 Å². The summed E-state index contributed by atoms with van der Waals surface area (Å²) in [6, 6.07) is 8.26. The van der Waals surface area contributed by atoms with Crippen molar-refractivity contribution in [2.75, 3.05) is 11.6 Å². The van der Waals surface area contributed by atoms with E-state index in [0.717, 1.165) is 29.0 Å². The third-order valence-electron chi connectivity index (χ3n) is 2.71. The predicted octanol–water partition coefficient (Wildman–Crippen LogP) is 4.27. The predicted molar refractivity (Wildman–Crippen MR) is 75.5 cm³/mol. The second kappa shape index (κ2) is 5.97. The first-order valence-corrected chi connectivity index (χ1v) is 7.12. The summed E-state index contributed by atoms with van der Waals surface area (Å²) < 4.78 is 0. The van der Waals surface area contributed by atoms with Gasteiger partial charge in [-0.2, -0.15) is 5.26 Å². The Morgan fingerprint density at radius 1 is 1.41 bits per heavy atom. The quantitative estimate of drug-likeness (QED) is 0.790. The number of rotatable bonds is 5. The van der Waals surface area contributed by atoms with Crippen molar-refractivity contribution in [2.45, 2.75) is 44.0 Å². The number of nitrogens with zero attached hydrogens (tertiary/aromatic N) is 1. The van der Waals surface area contributed by atoms with Crippen molar-refractivity contribution in [3.8, 4) is 6.07 Å². The Hall–Kier alpha value is -1.14. The molecule has 0 atom stereocenters. The van der Waals surface area contributed by atoms with E-state index in [9.17, 15) is 5.26 Å². The van der Waals surface area contributed by atoms with Crippen molar-refractivity contribution in [3.63, 3.8) is 0 Å². The van der Waals surface area contributed by atoms with Crippen LogP contribution in [0.15, 0.2) is 23.1 Å². The molecule has 1 N–H and O–H groups in total. The zero-order valence-corrected chi connectivity index (χ0v) is 11.8. The summed E-state index contributed by atoms with van der Waals surface area (Å²) in [6.45, 7) is 6.51. The molecule has 17 heavy (non-hydrogen) atoms. The molecule has 0 aromatic heterocycles. The average molecular weight is 248 g/mol. The lowest BCUT2D eigenvalue weighted by atomic mass is 9.98. The highest BCUT2D eigenvalue weighted by Crippen LogP contribution is 2.29. The largest absolute Gasteiger partial charge is 0.379 e. The fraction of sp³-hybridized carbons (Fsp3) is 0.500. The second-order valence-corrected chi connectivity index (χ2v) is 5.60. The zero-order chi connectivity index (χ0) is 12.9. The number of nitriles is 1. The Kier molecular flexibility index (Phi) is 4.89. The van der Waals surface area contributed by atoms with E-state index >= 15 is 0 Å². The standard InChI is InChI=1S/C14H20N2S/c1-5-9-14(2,3)16-12-7-6-8-13(17-4)11(12)10-15/h6-8,16H,5,9H2,1-4H3. The monoisotopic (exact) mass is 248 g/mol. The maximum Gasteiger partial charge on any atom is 0.102 e. The first-order chi connectivity index (χ1) is 8.04. The Morgan fingerprint density at radius 3 is 2.65 bits per heavy atom. The lowest BCUT2D eigenvalue weighted by Gasteiger charge is -2.28. The minimum absolute atomic E-state index is 0.0252. The van der Waals surface area contributed by atoms with Gasteiger partial charge in [0.1, 0.15) is 6.07 Å². The molecule has 2 nitrogen and oxygen atoms in total. The molecule has 92 valence electrons. The van der Waals surface area contributed by atoms with Crippen molar-refractivity contribution in [3.05, 3.63) is 23.8 Å². The van der Waals surface area contributed by atoms with E-state index in [0.29, 0.717) is 0 Å². The fourth-order valence-corrected chi connectivity index (χ4v) is 2.55. The van der Waals surface area contributed by atoms with Crippen LogP contribution in [0.1, 0.15) is 39.2 Å². The summed E-state index contributed by atoms with van der Waals surface area (Å²) >= 11 is 1.61. The zero-order valence-electron chi connectivity index (χ0n) is 11.0. The normalized spacial score (nSPS) is 11.0. The summed E-state index contributed by atoms with van der Waals surface area (Å²) in [5.74, 6) is 0. The summed E-state index contributed by atoms with van der Waals surface area (Å²) in [4.78, 5) is 1.03. The third-order valence-corrected chi connectivity index (χ3v) is 3.49. The van der Waals surface area contributed by atoms with Gasteiger partial charge in [0.05, 0.1) is 11.3 Å². The molecule has 0 heterocycles. The van der Waals surface area contributed by atoms with Gasteiger partial charge in [-0.1, -0.05) is 19.4 Å². The highest BCUT2D eigenvalue weighted by atomic mass is 32.2. The maximum atomic E-state index is 9.25. The molecule has 0 aliphatic carbocycles. The molecule has 1 aromatic rings. The number of hydrogen-bond donors (Lipinski definition) is 1. The van der Waals surface area contributed by atoms with E-state index in [1.54, 1.807) is 11.8 Å². The molecular weight excluding hydrogens is 228 g/mol. The first kappa shape index (κ1) is 13.9. The average Bonchev–Trinajstić information content (AvgIpc) is 2.27. The van der Waals surface area contributed by atoms with Gasteiger partial charge in [-0.25, -0.2) is 0 Å². The van der Waals surface area contributed by atoms with Crippen molar-refractivity contribution < 1.29 is 0 Å². The van der Waals surface area contributed by atoms with Crippen molar-refractivity contribution in [2.24, 2.45) is 0 Å². The summed E-state index contributed by atoms with van der Waals surface area (Å²) in [5, 5.41) is 12.7. The topological polar surface area (TPSA) is 35.8 Å². The van der Waals surface area contributed by atoms with Crippen LogP contribution in [0.5, 0.6) is 0 Å². The summed E-state index contributed by atoms with van der Waals surface area (Å²) in [6.07, 6.45) is 4.21. The van der Waals surface area contributed by atoms with E-state index in [-0.39, 0.29) is 5.54 Å². The smallest absolute Gasteiger partial charge is 0.102 e. The highest BCUT2D eigenvalue weighted by molar-refractivity contribution is 7.98. The molecule has 0 amide bonds. The molecule has 1 aromatic carbocycles.